The van der Waals surface area contributed by atoms with E-state index in [2.05, 4.69) is 30.9 Å². The molecule has 1 unspecified atom stereocenters. The summed E-state index contributed by atoms with van der Waals surface area (Å²) >= 11 is 3.38. The fourth-order valence-electron chi connectivity index (χ4n) is 1.86. The molecule has 6 heteroatoms. The van der Waals surface area contributed by atoms with E-state index < -0.39 is 11.9 Å². The van der Waals surface area contributed by atoms with Crippen LogP contribution in [0.2, 0.25) is 0 Å². The molecule has 5 nitrogen and oxygen atoms in total. The summed E-state index contributed by atoms with van der Waals surface area (Å²) in [6, 6.07) is 7.63. The summed E-state index contributed by atoms with van der Waals surface area (Å²) in [5.74, 6) is -1.39. The van der Waals surface area contributed by atoms with Gasteiger partial charge >= 0.3 is 5.97 Å². The minimum atomic E-state index is -0.845. The van der Waals surface area contributed by atoms with Gasteiger partial charge in [-0.1, -0.05) is 38.4 Å². The van der Waals surface area contributed by atoms with Crippen LogP contribution in [0.3, 0.4) is 0 Å². The third-order valence-electron chi connectivity index (χ3n) is 2.91. The Kier molecular flexibility index (Phi) is 4.31. The van der Waals surface area contributed by atoms with E-state index in [9.17, 15) is 9.90 Å². The third kappa shape index (κ3) is 3.64. The normalized spacial score (nSPS) is 12.3. The topological polar surface area (TPSA) is 76.2 Å². The number of aliphatic carboxylic acids is 1. The van der Waals surface area contributed by atoms with Crippen LogP contribution in [-0.4, -0.2) is 21.4 Å². The fourth-order valence-corrected chi connectivity index (χ4v) is 2.31. The number of hydrogen-bond acceptors (Lipinski definition) is 4. The molecule has 0 aliphatic rings. The van der Waals surface area contributed by atoms with Gasteiger partial charge in [-0.2, -0.15) is 0 Å². The van der Waals surface area contributed by atoms with Crippen LogP contribution in [0.4, 0.5) is 0 Å². The predicted molar refractivity (Wildman–Crippen MR) is 71.7 cm³/mol. The number of aryl methyl sites for hydroxylation is 1. The second kappa shape index (κ2) is 5.97. The monoisotopic (exact) mass is 324 g/mol. The van der Waals surface area contributed by atoms with E-state index in [1.54, 1.807) is 6.92 Å². The predicted octanol–water partition coefficient (Wildman–Crippen LogP) is 2.63. The first-order valence-corrected chi connectivity index (χ1v) is 6.61. The first-order valence-electron chi connectivity index (χ1n) is 5.81. The minimum absolute atomic E-state index is 0.317. The van der Waals surface area contributed by atoms with Crippen LogP contribution in [-0.2, 0) is 17.6 Å². The van der Waals surface area contributed by atoms with Crippen molar-refractivity contribution in [1.82, 2.24) is 10.3 Å². The number of carboxylic acid groups (broad SMARTS) is 1. The molecule has 0 bridgehead atoms. The Morgan fingerprint density at radius 3 is 2.79 bits per heavy atom. The molecule has 2 aromatic rings. The Balaban J connectivity index is 2.13. The van der Waals surface area contributed by atoms with Gasteiger partial charge in [-0.25, -0.2) is 4.63 Å². The molecular weight excluding hydrogens is 312 g/mol. The number of hydrogen-bond donors (Lipinski definition) is 1. The molecule has 1 aromatic heterocycles. The van der Waals surface area contributed by atoms with Gasteiger partial charge in [0.2, 0.25) is 0 Å². The van der Waals surface area contributed by atoms with E-state index in [0.717, 1.165) is 10.0 Å². The number of aromatic nitrogens is 2. The largest absolute Gasteiger partial charge is 0.481 e. The average Bonchev–Trinajstić information content (AvgIpc) is 2.74. The zero-order valence-corrected chi connectivity index (χ0v) is 11.9. The van der Waals surface area contributed by atoms with Crippen molar-refractivity contribution >= 4 is 21.9 Å². The standard InChI is InChI=1S/C13H13BrN2O3/c1-8-12(16-19-15-8)7-10(13(17)18)5-9-3-2-4-11(14)6-9/h2-4,6,10H,5,7H2,1H3,(H,17,18). The quantitative estimate of drug-likeness (QED) is 0.914. The molecule has 0 fully saturated rings. The maximum Gasteiger partial charge on any atom is 0.307 e. The van der Waals surface area contributed by atoms with E-state index in [-0.39, 0.29) is 0 Å². The van der Waals surface area contributed by atoms with Gasteiger partial charge in [0.15, 0.2) is 0 Å². The number of carbonyl (C=O) groups is 1. The molecule has 19 heavy (non-hydrogen) atoms. The van der Waals surface area contributed by atoms with Gasteiger partial charge < -0.3 is 5.11 Å². The maximum absolute atomic E-state index is 11.3. The van der Waals surface area contributed by atoms with Crippen LogP contribution in [0.15, 0.2) is 33.4 Å². The first-order chi connectivity index (χ1) is 9.06. The third-order valence-corrected chi connectivity index (χ3v) is 3.40. The van der Waals surface area contributed by atoms with Crippen molar-refractivity contribution in [3.63, 3.8) is 0 Å². The van der Waals surface area contributed by atoms with Crippen LogP contribution >= 0.6 is 15.9 Å². The van der Waals surface area contributed by atoms with Gasteiger partial charge in [0, 0.05) is 10.9 Å². The molecular formula is C13H13BrN2O3. The average molecular weight is 325 g/mol. The van der Waals surface area contributed by atoms with E-state index >= 15 is 0 Å². The highest BCUT2D eigenvalue weighted by atomic mass is 79.9. The van der Waals surface area contributed by atoms with Gasteiger partial charge in [-0.05, 0) is 31.0 Å². The second-order valence-electron chi connectivity index (χ2n) is 4.37. The highest BCUT2D eigenvalue weighted by Gasteiger charge is 2.21. The summed E-state index contributed by atoms with van der Waals surface area (Å²) in [4.78, 5) is 11.3. The van der Waals surface area contributed by atoms with Crippen LogP contribution in [0.25, 0.3) is 0 Å². The van der Waals surface area contributed by atoms with Crippen molar-refractivity contribution in [1.29, 1.82) is 0 Å². The molecule has 1 atom stereocenters. The Morgan fingerprint density at radius 1 is 1.42 bits per heavy atom. The summed E-state index contributed by atoms with van der Waals surface area (Å²) in [6.45, 7) is 1.75. The SMILES string of the molecule is Cc1nonc1CC(Cc1cccc(Br)c1)C(=O)O. The lowest BCUT2D eigenvalue weighted by atomic mass is 9.94. The first kappa shape index (κ1) is 13.7. The van der Waals surface area contributed by atoms with E-state index in [1.165, 1.54) is 0 Å². The highest BCUT2D eigenvalue weighted by Crippen LogP contribution is 2.18. The number of benzene rings is 1. The van der Waals surface area contributed by atoms with E-state index in [4.69, 9.17) is 0 Å². The van der Waals surface area contributed by atoms with E-state index in [0.29, 0.717) is 24.2 Å². The summed E-state index contributed by atoms with van der Waals surface area (Å²) in [5.41, 5.74) is 2.21. The van der Waals surface area contributed by atoms with Crippen molar-refractivity contribution < 1.29 is 14.5 Å². The molecule has 0 spiro atoms. The Labute approximate surface area is 118 Å². The fraction of sp³-hybridized carbons (Fsp3) is 0.308. The van der Waals surface area contributed by atoms with Crippen molar-refractivity contribution in [2.75, 3.05) is 0 Å². The van der Waals surface area contributed by atoms with Crippen molar-refractivity contribution in [2.45, 2.75) is 19.8 Å². The van der Waals surface area contributed by atoms with Gasteiger partial charge in [0.05, 0.1) is 5.92 Å². The second-order valence-corrected chi connectivity index (χ2v) is 5.29. The van der Waals surface area contributed by atoms with Crippen molar-refractivity contribution in [2.24, 2.45) is 5.92 Å². The lowest BCUT2D eigenvalue weighted by molar-refractivity contribution is -0.141. The molecule has 0 radical (unpaired) electrons. The van der Waals surface area contributed by atoms with Gasteiger partial charge in [0.1, 0.15) is 11.4 Å². The molecule has 1 heterocycles. The zero-order valence-electron chi connectivity index (χ0n) is 10.3. The number of halogens is 1. The van der Waals surface area contributed by atoms with Crippen LogP contribution in [0.5, 0.6) is 0 Å². The van der Waals surface area contributed by atoms with Gasteiger partial charge in [-0.3, -0.25) is 4.79 Å². The molecule has 1 N–H and O–H groups in total. The number of rotatable bonds is 5. The Hall–Kier alpha value is -1.69. The van der Waals surface area contributed by atoms with Gasteiger partial charge in [0.25, 0.3) is 0 Å². The number of carboxylic acids is 1. The molecule has 1 aromatic carbocycles. The van der Waals surface area contributed by atoms with Crippen LogP contribution in [0, 0.1) is 12.8 Å². The lowest BCUT2D eigenvalue weighted by Crippen LogP contribution is -2.19. The van der Waals surface area contributed by atoms with Crippen LogP contribution < -0.4 is 0 Å². The maximum atomic E-state index is 11.3. The molecule has 0 saturated heterocycles. The smallest absolute Gasteiger partial charge is 0.307 e. The minimum Gasteiger partial charge on any atom is -0.481 e. The summed E-state index contributed by atoms with van der Waals surface area (Å²) < 4.78 is 5.53. The molecule has 0 aliphatic carbocycles. The summed E-state index contributed by atoms with van der Waals surface area (Å²) in [5, 5.41) is 16.7. The van der Waals surface area contributed by atoms with Crippen LogP contribution in [0.1, 0.15) is 17.0 Å². The number of nitrogens with zero attached hydrogens (tertiary/aromatic N) is 2. The highest BCUT2D eigenvalue weighted by molar-refractivity contribution is 9.10. The molecule has 0 amide bonds. The molecule has 0 saturated carbocycles. The van der Waals surface area contributed by atoms with Gasteiger partial charge in [-0.15, -0.1) is 0 Å². The molecule has 100 valence electrons. The van der Waals surface area contributed by atoms with Crippen molar-refractivity contribution in [3.05, 3.63) is 45.7 Å². The Bertz CT molecular complexity index is 583. The zero-order chi connectivity index (χ0) is 13.8. The summed E-state index contributed by atoms with van der Waals surface area (Å²) in [6.07, 6.45) is 0.762. The van der Waals surface area contributed by atoms with Crippen molar-refractivity contribution in [3.8, 4) is 0 Å². The van der Waals surface area contributed by atoms with E-state index in [1.807, 2.05) is 24.3 Å². The molecule has 0 aliphatic heterocycles. The molecule has 2 rings (SSSR count). The summed E-state index contributed by atoms with van der Waals surface area (Å²) in [7, 11) is 0. The Morgan fingerprint density at radius 2 is 2.21 bits per heavy atom. The lowest BCUT2D eigenvalue weighted by Gasteiger charge is -2.11.